The summed E-state index contributed by atoms with van der Waals surface area (Å²) < 4.78 is 22.9. The topological polar surface area (TPSA) is 57.6 Å². The third-order valence-electron chi connectivity index (χ3n) is 3.89. The van der Waals surface area contributed by atoms with Crippen LogP contribution in [-0.4, -0.2) is 55.2 Å². The third-order valence-corrected chi connectivity index (χ3v) is 5.58. The molecule has 1 aliphatic carbocycles. The maximum Gasteiger partial charge on any atom is 0.154 e. The molecule has 16 heavy (non-hydrogen) atoms. The second-order valence-electron chi connectivity index (χ2n) is 5.10. The molecule has 1 saturated carbocycles. The molecule has 0 spiro atoms. The van der Waals surface area contributed by atoms with Gasteiger partial charge in [0.2, 0.25) is 0 Å². The van der Waals surface area contributed by atoms with Crippen molar-refractivity contribution in [2.75, 3.05) is 24.6 Å². The minimum atomic E-state index is -3.02. The average Bonchev–Trinajstić information content (AvgIpc) is 2.38. The molecular formula is C11H21NO3S. The van der Waals surface area contributed by atoms with Crippen LogP contribution in [0.5, 0.6) is 0 Å². The largest absolute Gasteiger partial charge is 0.390 e. The molecule has 0 radical (unpaired) electrons. The fraction of sp³-hybridized carbons (Fsp3) is 1.00. The Morgan fingerprint density at radius 1 is 1.31 bits per heavy atom. The Morgan fingerprint density at radius 2 is 2.00 bits per heavy atom. The predicted octanol–water partition coefficient (Wildman–Crippen LogP) is 0.266. The van der Waals surface area contributed by atoms with Crippen molar-refractivity contribution in [3.8, 4) is 0 Å². The molecule has 1 N–H and O–H groups in total. The predicted molar refractivity (Wildman–Crippen MR) is 63.0 cm³/mol. The van der Waals surface area contributed by atoms with E-state index < -0.39 is 15.9 Å². The second kappa shape index (κ2) is 4.63. The molecule has 2 fully saturated rings. The second-order valence-corrected chi connectivity index (χ2v) is 7.25. The van der Waals surface area contributed by atoms with Crippen LogP contribution in [0.15, 0.2) is 0 Å². The highest BCUT2D eigenvalue weighted by Crippen LogP contribution is 2.29. The Morgan fingerprint density at radius 3 is 2.38 bits per heavy atom. The molecule has 1 heterocycles. The quantitative estimate of drug-likeness (QED) is 0.774. The normalized spacial score (nSPS) is 34.2. The fourth-order valence-electron chi connectivity index (χ4n) is 2.67. The Balaban J connectivity index is 1.97. The Labute approximate surface area is 97.6 Å². The van der Waals surface area contributed by atoms with Crippen LogP contribution < -0.4 is 0 Å². The SMILES string of the molecule is CCN(CC1CCC1)C1CS(=O)(=O)CC1O. The van der Waals surface area contributed by atoms with E-state index >= 15 is 0 Å². The minimum absolute atomic E-state index is 0.0567. The van der Waals surface area contributed by atoms with Crippen LogP contribution in [0.4, 0.5) is 0 Å². The molecule has 1 aliphatic heterocycles. The van der Waals surface area contributed by atoms with Crippen LogP contribution in [0.3, 0.4) is 0 Å². The number of aliphatic hydroxyl groups is 1. The van der Waals surface area contributed by atoms with Gasteiger partial charge in [-0.2, -0.15) is 0 Å². The molecule has 2 rings (SSSR count). The van der Waals surface area contributed by atoms with E-state index in [4.69, 9.17) is 0 Å². The lowest BCUT2D eigenvalue weighted by atomic mass is 9.85. The van der Waals surface area contributed by atoms with Gasteiger partial charge in [0.05, 0.1) is 23.7 Å². The molecule has 2 unspecified atom stereocenters. The zero-order valence-electron chi connectivity index (χ0n) is 9.80. The van der Waals surface area contributed by atoms with E-state index in [1.807, 2.05) is 6.92 Å². The van der Waals surface area contributed by atoms with Gasteiger partial charge < -0.3 is 5.11 Å². The van der Waals surface area contributed by atoms with Gasteiger partial charge in [0.15, 0.2) is 9.84 Å². The van der Waals surface area contributed by atoms with Crippen molar-refractivity contribution >= 4 is 9.84 Å². The van der Waals surface area contributed by atoms with Crippen molar-refractivity contribution < 1.29 is 13.5 Å². The maximum absolute atomic E-state index is 11.5. The summed E-state index contributed by atoms with van der Waals surface area (Å²) >= 11 is 0. The van der Waals surface area contributed by atoms with Crippen molar-refractivity contribution in [2.45, 2.75) is 38.3 Å². The molecule has 4 nitrogen and oxygen atoms in total. The van der Waals surface area contributed by atoms with E-state index in [9.17, 15) is 13.5 Å². The lowest BCUT2D eigenvalue weighted by Crippen LogP contribution is -2.46. The van der Waals surface area contributed by atoms with Gasteiger partial charge in [0.25, 0.3) is 0 Å². The average molecular weight is 247 g/mol. The third kappa shape index (κ3) is 2.57. The van der Waals surface area contributed by atoms with E-state index in [0.717, 1.165) is 19.0 Å². The fourth-order valence-corrected chi connectivity index (χ4v) is 4.50. The summed E-state index contributed by atoms with van der Waals surface area (Å²) in [6, 6.07) is -0.171. The minimum Gasteiger partial charge on any atom is -0.390 e. The highest BCUT2D eigenvalue weighted by Gasteiger charge is 2.40. The first kappa shape index (κ1) is 12.3. The molecule has 1 saturated heterocycles. The highest BCUT2D eigenvalue weighted by atomic mass is 32.2. The highest BCUT2D eigenvalue weighted by molar-refractivity contribution is 7.91. The Bertz CT molecular complexity index is 337. The van der Waals surface area contributed by atoms with Crippen molar-refractivity contribution in [2.24, 2.45) is 5.92 Å². The lowest BCUT2D eigenvalue weighted by molar-refractivity contribution is 0.0646. The van der Waals surface area contributed by atoms with Crippen LogP contribution in [0.2, 0.25) is 0 Å². The molecule has 0 bridgehead atoms. The summed E-state index contributed by atoms with van der Waals surface area (Å²) in [7, 11) is -3.02. The van der Waals surface area contributed by atoms with Crippen molar-refractivity contribution in [1.29, 1.82) is 0 Å². The van der Waals surface area contributed by atoms with Gasteiger partial charge in [-0.25, -0.2) is 8.42 Å². The summed E-state index contributed by atoms with van der Waals surface area (Å²) in [6.45, 7) is 3.82. The van der Waals surface area contributed by atoms with Gasteiger partial charge >= 0.3 is 0 Å². The van der Waals surface area contributed by atoms with Gasteiger partial charge in [-0.1, -0.05) is 13.3 Å². The molecule has 0 amide bonds. The number of likely N-dealkylation sites (N-methyl/N-ethyl adjacent to an activating group) is 1. The van der Waals surface area contributed by atoms with E-state index in [0.29, 0.717) is 0 Å². The first-order valence-corrected chi connectivity index (χ1v) is 7.96. The number of sulfone groups is 1. The molecular weight excluding hydrogens is 226 g/mol. The van der Waals surface area contributed by atoms with Crippen molar-refractivity contribution in [3.63, 3.8) is 0 Å². The molecule has 5 heteroatoms. The van der Waals surface area contributed by atoms with Crippen LogP contribution in [0.1, 0.15) is 26.2 Å². The van der Waals surface area contributed by atoms with Gasteiger partial charge in [0, 0.05) is 6.54 Å². The summed E-state index contributed by atoms with van der Waals surface area (Å²) in [4.78, 5) is 2.15. The monoisotopic (exact) mass is 247 g/mol. The summed E-state index contributed by atoms with van der Waals surface area (Å²) in [5.74, 6) is 0.795. The zero-order chi connectivity index (χ0) is 11.8. The molecule has 94 valence electrons. The first-order valence-electron chi connectivity index (χ1n) is 6.14. The zero-order valence-corrected chi connectivity index (χ0v) is 10.6. The van der Waals surface area contributed by atoms with E-state index in [-0.39, 0.29) is 17.5 Å². The summed E-state index contributed by atoms with van der Waals surface area (Å²) in [5.41, 5.74) is 0. The number of hydrogen-bond acceptors (Lipinski definition) is 4. The summed E-state index contributed by atoms with van der Waals surface area (Å²) in [6.07, 6.45) is 3.12. The van der Waals surface area contributed by atoms with Crippen molar-refractivity contribution in [1.82, 2.24) is 4.90 Å². The Hall–Kier alpha value is -0.130. The van der Waals surface area contributed by atoms with Crippen molar-refractivity contribution in [3.05, 3.63) is 0 Å². The van der Waals surface area contributed by atoms with E-state index in [1.54, 1.807) is 0 Å². The molecule has 0 aromatic carbocycles. The van der Waals surface area contributed by atoms with Gasteiger partial charge in [-0.3, -0.25) is 4.90 Å². The summed E-state index contributed by atoms with van der Waals surface area (Å²) in [5, 5.41) is 9.81. The Kier molecular flexibility index (Phi) is 3.56. The standard InChI is InChI=1S/C11H21NO3S/c1-2-12(6-9-4-3-5-9)10-7-16(14,15)8-11(10)13/h9-11,13H,2-8H2,1H3. The smallest absolute Gasteiger partial charge is 0.154 e. The number of nitrogens with zero attached hydrogens (tertiary/aromatic N) is 1. The first-order chi connectivity index (χ1) is 7.52. The van der Waals surface area contributed by atoms with Gasteiger partial charge in [0.1, 0.15) is 0 Å². The van der Waals surface area contributed by atoms with E-state index in [2.05, 4.69) is 4.90 Å². The van der Waals surface area contributed by atoms with Crippen LogP contribution in [0.25, 0.3) is 0 Å². The van der Waals surface area contributed by atoms with Crippen LogP contribution in [-0.2, 0) is 9.84 Å². The molecule has 2 atom stereocenters. The van der Waals surface area contributed by atoms with Gasteiger partial charge in [-0.15, -0.1) is 0 Å². The number of rotatable bonds is 4. The van der Waals surface area contributed by atoms with Crippen LogP contribution in [0, 0.1) is 5.92 Å². The number of hydrogen-bond donors (Lipinski definition) is 1. The molecule has 2 aliphatic rings. The lowest BCUT2D eigenvalue weighted by Gasteiger charge is -2.35. The van der Waals surface area contributed by atoms with Gasteiger partial charge in [-0.05, 0) is 25.3 Å². The number of aliphatic hydroxyl groups excluding tert-OH is 1. The van der Waals surface area contributed by atoms with Crippen LogP contribution >= 0.6 is 0 Å². The molecule has 0 aromatic rings. The maximum atomic E-state index is 11.5. The van der Waals surface area contributed by atoms with E-state index in [1.165, 1.54) is 19.3 Å². The molecule has 0 aromatic heterocycles.